The molecule has 0 atom stereocenters. The summed E-state index contributed by atoms with van der Waals surface area (Å²) in [6.07, 6.45) is 0.786. The van der Waals surface area contributed by atoms with E-state index in [1.807, 2.05) is 0 Å². The van der Waals surface area contributed by atoms with Gasteiger partial charge in [0.05, 0.1) is 11.3 Å². The maximum atomic E-state index is 12.3. The summed E-state index contributed by atoms with van der Waals surface area (Å²) in [6.45, 7) is 2.43. The van der Waals surface area contributed by atoms with Gasteiger partial charge in [-0.15, -0.1) is 0 Å². The van der Waals surface area contributed by atoms with Crippen LogP contribution in [0.15, 0.2) is 24.3 Å². The maximum absolute atomic E-state index is 12.3. The normalized spacial score (nSPS) is 17.6. The Kier molecular flexibility index (Phi) is 4.74. The monoisotopic (exact) mass is 298 g/mol. The first-order valence-electron chi connectivity index (χ1n) is 6.50. The van der Waals surface area contributed by atoms with Crippen LogP contribution in [0.5, 0.6) is 0 Å². The van der Waals surface area contributed by atoms with Gasteiger partial charge < -0.3 is 10.4 Å². The highest BCUT2D eigenvalue weighted by molar-refractivity contribution is 7.88. The molecule has 1 aliphatic heterocycles. The minimum atomic E-state index is -3.40. The largest absolute Gasteiger partial charge is 0.478 e. The number of carbonyl (C=O) groups is 1. The number of hydrogen-bond donors (Lipinski definition) is 2. The molecule has 1 aliphatic rings. The van der Waals surface area contributed by atoms with Crippen LogP contribution < -0.4 is 5.32 Å². The zero-order chi connectivity index (χ0) is 14.6. The molecule has 6 nitrogen and oxygen atoms in total. The van der Waals surface area contributed by atoms with Crippen molar-refractivity contribution in [2.24, 2.45) is 0 Å². The first kappa shape index (κ1) is 15.0. The molecular weight excluding hydrogens is 280 g/mol. The fourth-order valence-corrected chi connectivity index (χ4v) is 3.76. The van der Waals surface area contributed by atoms with E-state index in [9.17, 15) is 13.2 Å². The molecule has 20 heavy (non-hydrogen) atoms. The van der Waals surface area contributed by atoms with Crippen molar-refractivity contribution in [3.05, 3.63) is 35.4 Å². The summed E-state index contributed by atoms with van der Waals surface area (Å²) in [7, 11) is -3.40. The zero-order valence-corrected chi connectivity index (χ0v) is 11.9. The van der Waals surface area contributed by atoms with Gasteiger partial charge in [-0.25, -0.2) is 17.5 Å². The Morgan fingerprint density at radius 3 is 2.85 bits per heavy atom. The van der Waals surface area contributed by atoms with Crippen molar-refractivity contribution in [2.45, 2.75) is 12.2 Å². The fourth-order valence-electron chi connectivity index (χ4n) is 2.20. The van der Waals surface area contributed by atoms with Gasteiger partial charge >= 0.3 is 5.97 Å². The molecule has 0 unspecified atom stereocenters. The molecule has 1 fully saturated rings. The lowest BCUT2D eigenvalue weighted by Crippen LogP contribution is -2.35. The zero-order valence-electron chi connectivity index (χ0n) is 11.1. The van der Waals surface area contributed by atoms with Gasteiger partial charge in [0.2, 0.25) is 10.0 Å². The van der Waals surface area contributed by atoms with Crippen molar-refractivity contribution in [1.82, 2.24) is 9.62 Å². The molecule has 0 amide bonds. The van der Waals surface area contributed by atoms with Crippen molar-refractivity contribution in [3.63, 3.8) is 0 Å². The molecule has 2 rings (SSSR count). The van der Waals surface area contributed by atoms with Gasteiger partial charge in [-0.3, -0.25) is 0 Å². The van der Waals surface area contributed by atoms with E-state index in [0.29, 0.717) is 25.2 Å². The van der Waals surface area contributed by atoms with Crippen LogP contribution in [0.2, 0.25) is 0 Å². The van der Waals surface area contributed by atoms with Crippen molar-refractivity contribution in [1.29, 1.82) is 0 Å². The highest BCUT2D eigenvalue weighted by Crippen LogP contribution is 2.14. The number of rotatable bonds is 4. The van der Waals surface area contributed by atoms with Gasteiger partial charge in [0, 0.05) is 19.6 Å². The van der Waals surface area contributed by atoms with Crippen LogP contribution in [0.25, 0.3) is 0 Å². The number of carboxylic acid groups (broad SMARTS) is 1. The summed E-state index contributed by atoms with van der Waals surface area (Å²) >= 11 is 0. The summed E-state index contributed by atoms with van der Waals surface area (Å²) in [5.74, 6) is -1.21. The lowest BCUT2D eigenvalue weighted by atomic mass is 10.1. The number of aromatic carboxylic acids is 1. The molecule has 0 bridgehead atoms. The smallest absolute Gasteiger partial charge is 0.335 e. The molecule has 110 valence electrons. The Balaban J connectivity index is 2.14. The van der Waals surface area contributed by atoms with Crippen LogP contribution >= 0.6 is 0 Å². The lowest BCUT2D eigenvalue weighted by Gasteiger charge is -2.19. The summed E-state index contributed by atoms with van der Waals surface area (Å²) in [4.78, 5) is 10.9. The predicted molar refractivity (Wildman–Crippen MR) is 75.1 cm³/mol. The second-order valence-electron chi connectivity index (χ2n) is 4.76. The fraction of sp³-hybridized carbons (Fsp3) is 0.462. The average Bonchev–Trinajstić information content (AvgIpc) is 2.67. The number of nitrogens with one attached hydrogen (secondary N) is 1. The van der Waals surface area contributed by atoms with Crippen molar-refractivity contribution in [3.8, 4) is 0 Å². The van der Waals surface area contributed by atoms with Crippen LogP contribution in [0, 0.1) is 0 Å². The Hall–Kier alpha value is -1.44. The topological polar surface area (TPSA) is 86.7 Å². The second-order valence-corrected chi connectivity index (χ2v) is 6.73. The number of carboxylic acids is 1. The highest BCUT2D eigenvalue weighted by atomic mass is 32.2. The van der Waals surface area contributed by atoms with Crippen molar-refractivity contribution >= 4 is 16.0 Å². The molecule has 1 heterocycles. The predicted octanol–water partition coefficient (Wildman–Crippen LogP) is 0.510. The minimum Gasteiger partial charge on any atom is -0.478 e. The summed E-state index contributed by atoms with van der Waals surface area (Å²) in [6, 6.07) is 6.07. The number of benzene rings is 1. The number of nitrogens with zero attached hydrogens (tertiary/aromatic N) is 1. The van der Waals surface area contributed by atoms with Gasteiger partial charge in [0.15, 0.2) is 0 Å². The first-order valence-corrected chi connectivity index (χ1v) is 8.11. The Bertz CT molecular complexity index is 578. The van der Waals surface area contributed by atoms with E-state index in [-0.39, 0.29) is 11.3 Å². The van der Waals surface area contributed by atoms with Crippen LogP contribution in [0.4, 0.5) is 0 Å². The molecule has 0 aromatic heterocycles. The summed E-state index contributed by atoms with van der Waals surface area (Å²) in [5, 5.41) is 12.1. The molecule has 0 radical (unpaired) electrons. The highest BCUT2D eigenvalue weighted by Gasteiger charge is 2.23. The van der Waals surface area contributed by atoms with Gasteiger partial charge in [-0.1, -0.05) is 12.1 Å². The third-order valence-corrected chi connectivity index (χ3v) is 5.07. The van der Waals surface area contributed by atoms with Crippen LogP contribution in [0.1, 0.15) is 22.3 Å². The van der Waals surface area contributed by atoms with Crippen molar-refractivity contribution < 1.29 is 18.3 Å². The Morgan fingerprint density at radius 1 is 1.30 bits per heavy atom. The van der Waals surface area contributed by atoms with Crippen LogP contribution in [0.3, 0.4) is 0 Å². The van der Waals surface area contributed by atoms with Crippen LogP contribution in [-0.2, 0) is 15.8 Å². The Labute approximate surface area is 118 Å². The van der Waals surface area contributed by atoms with Gasteiger partial charge in [0.25, 0.3) is 0 Å². The van der Waals surface area contributed by atoms with Gasteiger partial charge in [-0.05, 0) is 30.7 Å². The maximum Gasteiger partial charge on any atom is 0.335 e. The summed E-state index contributed by atoms with van der Waals surface area (Å²) < 4.78 is 26.2. The van der Waals surface area contributed by atoms with Crippen molar-refractivity contribution in [2.75, 3.05) is 26.2 Å². The van der Waals surface area contributed by atoms with E-state index in [1.54, 1.807) is 12.1 Å². The van der Waals surface area contributed by atoms with E-state index in [0.717, 1.165) is 13.0 Å². The van der Waals surface area contributed by atoms with E-state index >= 15 is 0 Å². The third-order valence-electron chi connectivity index (χ3n) is 3.22. The van der Waals surface area contributed by atoms with Gasteiger partial charge in [0.1, 0.15) is 0 Å². The second kappa shape index (κ2) is 6.34. The third kappa shape index (κ3) is 3.78. The van der Waals surface area contributed by atoms with Gasteiger partial charge in [-0.2, -0.15) is 0 Å². The minimum absolute atomic E-state index is 0.107. The average molecular weight is 298 g/mol. The molecule has 1 saturated heterocycles. The molecule has 1 aromatic rings. The quantitative estimate of drug-likeness (QED) is 0.846. The molecule has 0 spiro atoms. The lowest BCUT2D eigenvalue weighted by molar-refractivity contribution is 0.0696. The van der Waals surface area contributed by atoms with E-state index in [1.165, 1.54) is 16.4 Å². The van der Waals surface area contributed by atoms with Crippen LogP contribution in [-0.4, -0.2) is 50.0 Å². The standard InChI is InChI=1S/C13H18N2O4S/c16-13(17)12-4-1-3-11(9-12)10-20(18,19)15-7-2-5-14-6-8-15/h1,3-4,9,14H,2,5-8,10H2,(H,16,17). The molecule has 0 saturated carbocycles. The number of hydrogen-bond acceptors (Lipinski definition) is 4. The molecule has 0 aliphatic carbocycles. The molecular formula is C13H18N2O4S. The molecule has 2 N–H and O–H groups in total. The Morgan fingerprint density at radius 2 is 2.10 bits per heavy atom. The molecule has 7 heteroatoms. The number of sulfonamides is 1. The SMILES string of the molecule is O=C(O)c1cccc(CS(=O)(=O)N2CCCNCC2)c1. The van der Waals surface area contributed by atoms with E-state index < -0.39 is 16.0 Å². The molecule has 1 aromatic carbocycles. The van der Waals surface area contributed by atoms with E-state index in [2.05, 4.69) is 5.32 Å². The first-order chi connectivity index (χ1) is 9.49. The summed E-state index contributed by atoms with van der Waals surface area (Å²) in [5.41, 5.74) is 0.609. The van der Waals surface area contributed by atoms with E-state index in [4.69, 9.17) is 5.11 Å².